The zero-order valence-corrected chi connectivity index (χ0v) is 24.7. The summed E-state index contributed by atoms with van der Waals surface area (Å²) in [5, 5.41) is 14.4. The molecule has 9 nitrogen and oxygen atoms in total. The van der Waals surface area contributed by atoms with Crippen LogP contribution in [0.3, 0.4) is 0 Å². The lowest BCUT2D eigenvalue weighted by Gasteiger charge is -2.44. The number of hydrogen-bond donors (Lipinski definition) is 1. The largest absolute Gasteiger partial charge is 0.477 e. The second-order valence-corrected chi connectivity index (χ2v) is 14.3. The third-order valence-electron chi connectivity index (χ3n) is 7.80. The number of piperazine rings is 1. The molecule has 11 heteroatoms. The Bertz CT molecular complexity index is 1490. The van der Waals surface area contributed by atoms with Crippen molar-refractivity contribution in [3.8, 4) is 10.4 Å². The second kappa shape index (κ2) is 11.5. The van der Waals surface area contributed by atoms with E-state index in [1.165, 1.54) is 16.7 Å². The molecule has 2 aliphatic rings. The van der Waals surface area contributed by atoms with Crippen LogP contribution in [-0.2, 0) is 21.4 Å². The Hall–Kier alpha value is -3.02. The van der Waals surface area contributed by atoms with E-state index in [0.717, 1.165) is 59.4 Å². The summed E-state index contributed by atoms with van der Waals surface area (Å²) in [6, 6.07) is 9.16. The molecule has 1 amide bonds. The first-order chi connectivity index (χ1) is 19.0. The highest BCUT2D eigenvalue weighted by atomic mass is 32.2. The molecular weight excluding hydrogens is 548 g/mol. The Morgan fingerprint density at radius 2 is 1.85 bits per heavy atom. The van der Waals surface area contributed by atoms with Gasteiger partial charge in [0.15, 0.2) is 0 Å². The summed E-state index contributed by atoms with van der Waals surface area (Å²) in [4.78, 5) is 28.8. The number of carboxylic acids is 1. The lowest BCUT2D eigenvalue weighted by atomic mass is 9.82. The van der Waals surface area contributed by atoms with Crippen molar-refractivity contribution in [3.05, 3.63) is 53.2 Å². The number of aromatic nitrogens is 2. The van der Waals surface area contributed by atoms with Gasteiger partial charge in [-0.3, -0.25) is 9.48 Å². The maximum absolute atomic E-state index is 13.9. The highest BCUT2D eigenvalue weighted by Gasteiger charge is 2.44. The van der Waals surface area contributed by atoms with Gasteiger partial charge in [0, 0.05) is 24.2 Å². The molecule has 1 N–H and O–H groups in total. The van der Waals surface area contributed by atoms with Crippen LogP contribution in [0, 0.1) is 18.8 Å². The van der Waals surface area contributed by atoms with Gasteiger partial charge in [-0.15, -0.1) is 11.3 Å². The molecule has 1 atom stereocenters. The van der Waals surface area contributed by atoms with Crippen molar-refractivity contribution in [2.75, 3.05) is 18.0 Å². The van der Waals surface area contributed by atoms with Gasteiger partial charge in [-0.1, -0.05) is 62.9 Å². The molecule has 214 valence electrons. The van der Waals surface area contributed by atoms with E-state index in [1.54, 1.807) is 15.6 Å². The number of carbonyl (C=O) groups is 2. The lowest BCUT2D eigenvalue weighted by Crippen LogP contribution is -2.60. The number of amides is 1. The summed E-state index contributed by atoms with van der Waals surface area (Å²) in [7, 11) is -3.97. The van der Waals surface area contributed by atoms with Gasteiger partial charge in [0.2, 0.25) is 15.9 Å². The standard InChI is InChI=1S/C29H36N4O5S2/c1-19(2)15-31-16-23(14-30-31)40(37,38)32-17-25(21-7-5-4-6-8-21)33(27(34)18-32)24-13-26(39-28(24)29(35)36)22-11-9-20(3)10-12-22/h9-14,16,19,21,25H,4-8,15,17-18H2,1-3H3,(H,35,36). The lowest BCUT2D eigenvalue weighted by molar-refractivity contribution is -0.121. The number of benzene rings is 1. The maximum atomic E-state index is 13.9. The molecule has 3 heterocycles. The average Bonchev–Trinajstić information content (AvgIpc) is 3.57. The minimum atomic E-state index is -3.97. The smallest absolute Gasteiger partial charge is 0.348 e. The summed E-state index contributed by atoms with van der Waals surface area (Å²) in [5.41, 5.74) is 2.33. The molecule has 3 aromatic rings. The first kappa shape index (κ1) is 28.5. The van der Waals surface area contributed by atoms with Crippen LogP contribution in [0.15, 0.2) is 47.6 Å². The van der Waals surface area contributed by atoms with E-state index >= 15 is 0 Å². The Morgan fingerprint density at radius 3 is 2.50 bits per heavy atom. The maximum Gasteiger partial charge on any atom is 0.348 e. The number of carboxylic acid groups (broad SMARTS) is 1. The third kappa shape index (κ3) is 5.73. The number of aryl methyl sites for hydroxylation is 1. The molecule has 5 rings (SSSR count). The van der Waals surface area contributed by atoms with E-state index in [1.807, 2.05) is 45.0 Å². The topological polar surface area (TPSA) is 113 Å². The normalized spacial score (nSPS) is 19.4. The van der Waals surface area contributed by atoms with Gasteiger partial charge in [-0.25, -0.2) is 13.2 Å². The van der Waals surface area contributed by atoms with Gasteiger partial charge in [0.1, 0.15) is 9.77 Å². The summed E-state index contributed by atoms with van der Waals surface area (Å²) in [6.45, 7) is 6.40. The highest BCUT2D eigenvalue weighted by molar-refractivity contribution is 7.89. The number of hydrogen-bond acceptors (Lipinski definition) is 6. The van der Waals surface area contributed by atoms with Crippen molar-refractivity contribution in [2.45, 2.75) is 70.4 Å². The molecule has 2 aromatic heterocycles. The number of rotatable bonds is 8. The Morgan fingerprint density at radius 1 is 1.15 bits per heavy atom. The summed E-state index contributed by atoms with van der Waals surface area (Å²) >= 11 is 1.15. The minimum absolute atomic E-state index is 0.0696. The first-order valence-electron chi connectivity index (χ1n) is 13.8. The van der Waals surface area contributed by atoms with Crippen LogP contribution in [-0.4, -0.2) is 58.6 Å². The third-order valence-corrected chi connectivity index (χ3v) is 10.7. The van der Waals surface area contributed by atoms with E-state index in [9.17, 15) is 23.1 Å². The van der Waals surface area contributed by atoms with E-state index < -0.39 is 27.9 Å². The van der Waals surface area contributed by atoms with Crippen molar-refractivity contribution in [1.82, 2.24) is 14.1 Å². The number of sulfonamides is 1. The van der Waals surface area contributed by atoms with Gasteiger partial charge in [-0.05, 0) is 43.2 Å². The molecule has 0 radical (unpaired) electrons. The molecule has 1 aromatic carbocycles. The predicted octanol–water partition coefficient (Wildman–Crippen LogP) is 5.26. The number of aromatic carboxylic acids is 1. The number of nitrogens with zero attached hydrogens (tertiary/aromatic N) is 4. The quantitative estimate of drug-likeness (QED) is 0.387. The second-order valence-electron chi connectivity index (χ2n) is 11.3. The van der Waals surface area contributed by atoms with Gasteiger partial charge in [0.25, 0.3) is 0 Å². The molecule has 1 unspecified atom stereocenters. The molecule has 1 aliphatic carbocycles. The summed E-state index contributed by atoms with van der Waals surface area (Å²) in [6.07, 6.45) is 7.71. The first-order valence-corrected chi connectivity index (χ1v) is 16.1. The van der Waals surface area contributed by atoms with Gasteiger partial charge in [-0.2, -0.15) is 9.40 Å². The van der Waals surface area contributed by atoms with E-state index in [0.29, 0.717) is 18.2 Å². The highest BCUT2D eigenvalue weighted by Crippen LogP contribution is 2.42. The molecule has 0 spiro atoms. The fourth-order valence-electron chi connectivity index (χ4n) is 5.82. The number of thiophene rings is 1. The van der Waals surface area contributed by atoms with Crippen LogP contribution in [0.25, 0.3) is 10.4 Å². The molecule has 40 heavy (non-hydrogen) atoms. The van der Waals surface area contributed by atoms with Crippen molar-refractivity contribution >= 4 is 38.9 Å². The molecular formula is C29H36N4O5S2. The molecule has 0 bridgehead atoms. The van der Waals surface area contributed by atoms with Gasteiger partial charge >= 0.3 is 5.97 Å². The van der Waals surface area contributed by atoms with Crippen molar-refractivity contribution in [1.29, 1.82) is 0 Å². The van der Waals surface area contributed by atoms with Crippen molar-refractivity contribution < 1.29 is 23.1 Å². The summed E-state index contributed by atoms with van der Waals surface area (Å²) < 4.78 is 30.3. The molecule has 1 saturated carbocycles. The van der Waals surface area contributed by atoms with Crippen LogP contribution in [0.4, 0.5) is 5.69 Å². The van der Waals surface area contributed by atoms with Crippen LogP contribution in [0.1, 0.15) is 61.2 Å². The average molecular weight is 585 g/mol. The van der Waals surface area contributed by atoms with Crippen molar-refractivity contribution in [3.63, 3.8) is 0 Å². The van der Waals surface area contributed by atoms with Crippen LogP contribution < -0.4 is 4.90 Å². The number of anilines is 1. The Labute approximate surface area is 239 Å². The van der Waals surface area contributed by atoms with Crippen molar-refractivity contribution in [2.24, 2.45) is 11.8 Å². The molecule has 2 fully saturated rings. The van der Waals surface area contributed by atoms with Crippen LogP contribution >= 0.6 is 11.3 Å². The fraction of sp³-hybridized carbons (Fsp3) is 0.483. The zero-order chi connectivity index (χ0) is 28.6. The predicted molar refractivity (Wildman–Crippen MR) is 155 cm³/mol. The van der Waals surface area contributed by atoms with Crippen LogP contribution in [0.2, 0.25) is 0 Å². The summed E-state index contributed by atoms with van der Waals surface area (Å²) in [5.74, 6) is -1.13. The van der Waals surface area contributed by atoms with E-state index in [4.69, 9.17) is 0 Å². The molecule has 1 aliphatic heterocycles. The van der Waals surface area contributed by atoms with Gasteiger partial charge < -0.3 is 10.0 Å². The Kier molecular flexibility index (Phi) is 8.17. The molecule has 1 saturated heterocycles. The number of carbonyl (C=O) groups excluding carboxylic acids is 1. The van der Waals surface area contributed by atoms with E-state index in [2.05, 4.69) is 5.10 Å². The van der Waals surface area contributed by atoms with E-state index in [-0.39, 0.29) is 28.8 Å². The van der Waals surface area contributed by atoms with Gasteiger partial charge in [0.05, 0.1) is 24.5 Å². The minimum Gasteiger partial charge on any atom is -0.477 e. The monoisotopic (exact) mass is 584 g/mol. The fourth-order valence-corrected chi connectivity index (χ4v) is 8.17. The van der Waals surface area contributed by atoms with Crippen LogP contribution in [0.5, 0.6) is 0 Å². The zero-order valence-electron chi connectivity index (χ0n) is 23.1. The Balaban J connectivity index is 1.52. The SMILES string of the molecule is Cc1ccc(-c2cc(N3C(=O)CN(S(=O)(=O)c4cnn(CC(C)C)c4)CC3C3CCCCC3)c(C(=O)O)s2)cc1.